The van der Waals surface area contributed by atoms with E-state index < -0.39 is 5.60 Å². The largest absolute Gasteiger partial charge is 0.374 e. The lowest BCUT2D eigenvalue weighted by Crippen LogP contribution is -2.44. The van der Waals surface area contributed by atoms with Crippen molar-refractivity contribution in [2.75, 3.05) is 13.2 Å². The molecule has 0 N–H and O–H groups in total. The average molecular weight is 340 g/mol. The van der Waals surface area contributed by atoms with Crippen molar-refractivity contribution in [1.29, 1.82) is 0 Å². The first-order chi connectivity index (χ1) is 10.9. The van der Waals surface area contributed by atoms with Crippen LogP contribution in [0.3, 0.4) is 0 Å². The molecule has 24 heavy (non-hydrogen) atoms. The minimum atomic E-state index is -0.556. The van der Waals surface area contributed by atoms with Gasteiger partial charge in [-0.25, -0.2) is 0 Å². The van der Waals surface area contributed by atoms with Crippen LogP contribution in [-0.2, 0) is 14.3 Å². The molecule has 0 saturated heterocycles. The Kier molecular flexibility index (Phi) is 9.49. The fourth-order valence-corrected chi connectivity index (χ4v) is 2.52. The first-order valence-corrected chi connectivity index (χ1v) is 9.03. The third-order valence-corrected chi connectivity index (χ3v) is 4.23. The minimum absolute atomic E-state index is 0.0762. The van der Waals surface area contributed by atoms with Gasteiger partial charge in [-0.1, -0.05) is 47.1 Å². The first-order valence-electron chi connectivity index (χ1n) is 9.03. The van der Waals surface area contributed by atoms with E-state index in [0.717, 1.165) is 17.6 Å². The van der Waals surface area contributed by atoms with Gasteiger partial charge in [-0.3, -0.25) is 14.5 Å². The highest BCUT2D eigenvalue weighted by Crippen LogP contribution is 2.24. The summed E-state index contributed by atoms with van der Waals surface area (Å²) in [6.07, 6.45) is 1.59. The van der Waals surface area contributed by atoms with Crippen LogP contribution in [0, 0.1) is 17.8 Å². The molecule has 0 spiro atoms. The van der Waals surface area contributed by atoms with Crippen molar-refractivity contribution in [2.45, 2.75) is 74.3 Å². The number of nitrogens with zero attached hydrogens (tertiary/aromatic N) is 1. The Morgan fingerprint density at radius 3 is 2.00 bits per heavy atom. The van der Waals surface area contributed by atoms with Crippen molar-refractivity contribution < 1.29 is 14.3 Å². The normalized spacial score (nSPS) is 13.5. The van der Waals surface area contributed by atoms with Crippen LogP contribution in [0.2, 0.25) is 0 Å². The van der Waals surface area contributed by atoms with Crippen LogP contribution in [0.15, 0.2) is 11.1 Å². The van der Waals surface area contributed by atoms with Crippen LogP contribution in [0.25, 0.3) is 0 Å². The van der Waals surface area contributed by atoms with Crippen molar-refractivity contribution in [3.63, 3.8) is 0 Å². The van der Waals surface area contributed by atoms with Gasteiger partial charge < -0.3 is 4.74 Å². The number of ether oxygens (including phenoxy) is 1. The molecule has 0 bridgehead atoms. The van der Waals surface area contributed by atoms with Gasteiger partial charge in [0.15, 0.2) is 0 Å². The fourth-order valence-electron chi connectivity index (χ4n) is 2.52. The summed E-state index contributed by atoms with van der Waals surface area (Å²) in [5.74, 6) is 0.711. The summed E-state index contributed by atoms with van der Waals surface area (Å²) < 4.78 is 5.90. The highest BCUT2D eigenvalue weighted by molar-refractivity contribution is 6.00. The van der Waals surface area contributed by atoms with Crippen LogP contribution in [-0.4, -0.2) is 36.0 Å². The summed E-state index contributed by atoms with van der Waals surface area (Å²) in [7, 11) is 0. The number of hydrogen-bond donors (Lipinski definition) is 0. The zero-order valence-electron chi connectivity index (χ0n) is 17.1. The summed E-state index contributed by atoms with van der Waals surface area (Å²) in [5, 5.41) is 0. The lowest BCUT2D eigenvalue weighted by atomic mass is 9.90. The van der Waals surface area contributed by atoms with Crippen LogP contribution in [0.1, 0.15) is 68.7 Å². The molecule has 0 rings (SSSR count). The molecule has 0 aromatic rings. The van der Waals surface area contributed by atoms with Crippen LogP contribution in [0.5, 0.6) is 0 Å². The molecule has 0 fully saturated rings. The predicted molar refractivity (Wildman–Crippen MR) is 99.6 cm³/mol. The second-order valence-electron chi connectivity index (χ2n) is 8.24. The molecule has 0 atom stereocenters. The van der Waals surface area contributed by atoms with E-state index in [1.165, 1.54) is 4.90 Å². The Bertz CT molecular complexity index is 448. The number of rotatable bonds is 10. The summed E-state index contributed by atoms with van der Waals surface area (Å²) in [5.41, 5.74) is 1.22. The lowest BCUT2D eigenvalue weighted by Gasteiger charge is -2.31. The molecule has 140 valence electrons. The molecule has 0 unspecified atom stereocenters. The SMILES string of the molecule is C/C(=C(\C(=O)N(C=O)CC(C)(C)OCCC(C)C)C(C)C)C(C)C. The maximum atomic E-state index is 12.9. The van der Waals surface area contributed by atoms with Gasteiger partial charge in [0.05, 0.1) is 12.1 Å². The lowest BCUT2D eigenvalue weighted by molar-refractivity contribution is -0.140. The molecule has 0 aromatic carbocycles. The average Bonchev–Trinajstić information content (AvgIpc) is 2.43. The zero-order chi connectivity index (χ0) is 19.1. The number of amides is 2. The standard InChI is InChI=1S/C20H37NO3/c1-14(2)10-11-24-20(8,9)12-21(13-22)19(23)18(16(5)6)17(7)15(3)4/h13-16H,10-12H2,1-9H3/b18-17+. The summed E-state index contributed by atoms with van der Waals surface area (Å²) in [4.78, 5) is 25.7. The van der Waals surface area contributed by atoms with E-state index in [-0.39, 0.29) is 24.3 Å². The van der Waals surface area contributed by atoms with E-state index in [9.17, 15) is 9.59 Å². The molecule has 0 aliphatic carbocycles. The topological polar surface area (TPSA) is 46.6 Å². The molecule has 2 amide bonds. The van der Waals surface area contributed by atoms with Crippen molar-refractivity contribution in [3.05, 3.63) is 11.1 Å². The summed E-state index contributed by atoms with van der Waals surface area (Å²) in [6.45, 7) is 19.1. The van der Waals surface area contributed by atoms with E-state index in [0.29, 0.717) is 18.9 Å². The third-order valence-electron chi connectivity index (χ3n) is 4.23. The van der Waals surface area contributed by atoms with Crippen molar-refractivity contribution in [1.82, 2.24) is 4.90 Å². The van der Waals surface area contributed by atoms with Crippen LogP contribution in [0.4, 0.5) is 0 Å². The molecule has 4 heteroatoms. The van der Waals surface area contributed by atoms with Gasteiger partial charge in [0, 0.05) is 12.2 Å². The maximum absolute atomic E-state index is 12.9. The number of imide groups is 1. The first kappa shape index (κ1) is 22.8. The Labute approximate surface area is 148 Å². The van der Waals surface area contributed by atoms with Gasteiger partial charge in [-0.2, -0.15) is 0 Å². The Morgan fingerprint density at radius 2 is 1.62 bits per heavy atom. The fraction of sp³-hybridized carbons (Fsp3) is 0.800. The van der Waals surface area contributed by atoms with Gasteiger partial charge in [0.25, 0.3) is 5.91 Å². The van der Waals surface area contributed by atoms with Crippen LogP contribution >= 0.6 is 0 Å². The smallest absolute Gasteiger partial charge is 0.256 e. The van der Waals surface area contributed by atoms with E-state index in [2.05, 4.69) is 27.7 Å². The van der Waals surface area contributed by atoms with E-state index in [1.54, 1.807) is 0 Å². The molecule has 0 aromatic heterocycles. The number of allylic oxidation sites excluding steroid dienone is 1. The molecule has 0 aliphatic heterocycles. The van der Waals surface area contributed by atoms with Gasteiger partial charge in [0.1, 0.15) is 0 Å². The zero-order valence-corrected chi connectivity index (χ0v) is 17.1. The number of hydrogen-bond acceptors (Lipinski definition) is 3. The Morgan fingerprint density at radius 1 is 1.08 bits per heavy atom. The number of carbonyl (C=O) groups is 2. The molecule has 0 aliphatic rings. The molecular weight excluding hydrogens is 302 g/mol. The quantitative estimate of drug-likeness (QED) is 0.436. The van der Waals surface area contributed by atoms with Gasteiger partial charge >= 0.3 is 0 Å². The van der Waals surface area contributed by atoms with Crippen molar-refractivity contribution in [2.24, 2.45) is 17.8 Å². The Hall–Kier alpha value is -1.16. The number of carbonyl (C=O) groups excluding carboxylic acids is 2. The highest BCUT2D eigenvalue weighted by atomic mass is 16.5. The minimum Gasteiger partial charge on any atom is -0.374 e. The highest BCUT2D eigenvalue weighted by Gasteiger charge is 2.29. The van der Waals surface area contributed by atoms with Gasteiger partial charge in [-0.15, -0.1) is 0 Å². The second kappa shape index (κ2) is 9.97. The Balaban J connectivity index is 5.21. The van der Waals surface area contributed by atoms with Gasteiger partial charge in [-0.05, 0) is 44.9 Å². The molecule has 0 heterocycles. The predicted octanol–water partition coefficient (Wildman–Crippen LogP) is 4.44. The van der Waals surface area contributed by atoms with Crippen molar-refractivity contribution >= 4 is 12.3 Å². The maximum Gasteiger partial charge on any atom is 0.256 e. The molecule has 4 nitrogen and oxygen atoms in total. The van der Waals surface area contributed by atoms with E-state index in [4.69, 9.17) is 4.74 Å². The van der Waals surface area contributed by atoms with E-state index in [1.807, 2.05) is 34.6 Å². The van der Waals surface area contributed by atoms with Gasteiger partial charge in [0.2, 0.25) is 6.41 Å². The molecule has 0 radical (unpaired) electrons. The molecule has 0 saturated carbocycles. The van der Waals surface area contributed by atoms with E-state index >= 15 is 0 Å². The summed E-state index contributed by atoms with van der Waals surface area (Å²) in [6, 6.07) is 0. The second-order valence-corrected chi connectivity index (χ2v) is 8.24. The monoisotopic (exact) mass is 339 g/mol. The van der Waals surface area contributed by atoms with Crippen LogP contribution < -0.4 is 0 Å². The molecular formula is C20H37NO3. The third kappa shape index (κ3) is 7.61. The summed E-state index contributed by atoms with van der Waals surface area (Å²) >= 11 is 0. The van der Waals surface area contributed by atoms with Crippen molar-refractivity contribution in [3.8, 4) is 0 Å².